The predicted molar refractivity (Wildman–Crippen MR) is 129 cm³/mol. The Balaban J connectivity index is 1.64. The fourth-order valence-electron chi connectivity index (χ4n) is 3.68. The van der Waals surface area contributed by atoms with E-state index in [1.807, 2.05) is 67.6 Å². The monoisotopic (exact) mass is 423 g/mol. The summed E-state index contributed by atoms with van der Waals surface area (Å²) in [6.45, 7) is 5.71. The quantitative estimate of drug-likeness (QED) is 0.493. The number of ketones is 1. The molecule has 3 rings (SSSR count). The van der Waals surface area contributed by atoms with Crippen LogP contribution in [0.15, 0.2) is 78.9 Å². The Labute approximate surface area is 190 Å². The molecule has 2 unspecified atom stereocenters. The molecular weight excluding hydrogens is 394 g/mol. The van der Waals surface area contributed by atoms with E-state index < -0.39 is 0 Å². The molecule has 0 fully saturated rings. The molecule has 3 heteroatoms. The lowest BCUT2D eigenvalue weighted by Gasteiger charge is -2.14. The first-order chi connectivity index (χ1) is 15.4. The van der Waals surface area contributed by atoms with E-state index in [-0.39, 0.29) is 17.7 Å². The first kappa shape index (κ1) is 23.0. The summed E-state index contributed by atoms with van der Waals surface area (Å²) in [5.41, 5.74) is 4.57. The topological polar surface area (TPSA) is 46.2 Å². The van der Waals surface area contributed by atoms with E-state index in [1.165, 1.54) is 5.56 Å². The van der Waals surface area contributed by atoms with Gasteiger partial charge in [0, 0.05) is 23.1 Å². The number of carbonyl (C=O) groups excluding carboxylic acids is 2. The van der Waals surface area contributed by atoms with Crippen molar-refractivity contribution in [2.45, 2.75) is 39.7 Å². The third kappa shape index (κ3) is 6.96. The molecule has 0 aromatic heterocycles. The Morgan fingerprint density at radius 3 is 2.22 bits per heavy atom. The van der Waals surface area contributed by atoms with Crippen molar-refractivity contribution < 1.29 is 9.59 Å². The van der Waals surface area contributed by atoms with Gasteiger partial charge in [0.05, 0.1) is 6.04 Å². The SMILES string of the molecule is CC(=O)CC(C)Cc1ccc(C#Cc2cccc(C(=O)NC(C)c3ccccc3)c2)cc1. The van der Waals surface area contributed by atoms with Crippen molar-refractivity contribution in [3.63, 3.8) is 0 Å². The number of Topliss-reactive ketones (excluding diaryl/α,β-unsaturated/α-hetero) is 1. The largest absolute Gasteiger partial charge is 0.346 e. The van der Waals surface area contributed by atoms with E-state index >= 15 is 0 Å². The molecule has 1 amide bonds. The Kier molecular flexibility index (Phi) is 8.00. The Hall–Kier alpha value is -3.64. The molecule has 0 heterocycles. The highest BCUT2D eigenvalue weighted by molar-refractivity contribution is 5.94. The summed E-state index contributed by atoms with van der Waals surface area (Å²) in [5.74, 6) is 6.77. The molecule has 0 saturated carbocycles. The van der Waals surface area contributed by atoms with Crippen molar-refractivity contribution in [3.05, 3.63) is 107 Å². The molecule has 0 aliphatic carbocycles. The van der Waals surface area contributed by atoms with Gasteiger partial charge in [0.1, 0.15) is 5.78 Å². The highest BCUT2D eigenvalue weighted by Crippen LogP contribution is 2.14. The molecule has 0 spiro atoms. The highest BCUT2D eigenvalue weighted by Gasteiger charge is 2.11. The number of carbonyl (C=O) groups is 2. The zero-order valence-corrected chi connectivity index (χ0v) is 18.9. The Bertz CT molecular complexity index is 1120. The fraction of sp³-hybridized carbons (Fsp3) is 0.241. The van der Waals surface area contributed by atoms with Crippen LogP contribution in [-0.4, -0.2) is 11.7 Å². The van der Waals surface area contributed by atoms with E-state index in [0.717, 1.165) is 23.1 Å². The van der Waals surface area contributed by atoms with Crippen LogP contribution in [-0.2, 0) is 11.2 Å². The zero-order chi connectivity index (χ0) is 22.9. The van der Waals surface area contributed by atoms with Gasteiger partial charge in [-0.2, -0.15) is 0 Å². The van der Waals surface area contributed by atoms with Gasteiger partial charge in [0.25, 0.3) is 5.91 Å². The van der Waals surface area contributed by atoms with Gasteiger partial charge in [-0.05, 0) is 67.6 Å². The Morgan fingerprint density at radius 2 is 1.53 bits per heavy atom. The number of hydrogen-bond donors (Lipinski definition) is 1. The summed E-state index contributed by atoms with van der Waals surface area (Å²) in [4.78, 5) is 23.9. The van der Waals surface area contributed by atoms with E-state index in [0.29, 0.717) is 17.9 Å². The maximum Gasteiger partial charge on any atom is 0.251 e. The highest BCUT2D eigenvalue weighted by atomic mass is 16.1. The lowest BCUT2D eigenvalue weighted by molar-refractivity contribution is -0.117. The van der Waals surface area contributed by atoms with Crippen LogP contribution in [0.3, 0.4) is 0 Å². The minimum Gasteiger partial charge on any atom is -0.346 e. The summed E-state index contributed by atoms with van der Waals surface area (Å²) in [7, 11) is 0. The van der Waals surface area contributed by atoms with Crippen molar-refractivity contribution in [2.75, 3.05) is 0 Å². The van der Waals surface area contributed by atoms with Gasteiger partial charge >= 0.3 is 0 Å². The first-order valence-electron chi connectivity index (χ1n) is 11.0. The predicted octanol–water partition coefficient (Wildman–Crippen LogP) is 5.74. The van der Waals surface area contributed by atoms with E-state index in [9.17, 15) is 9.59 Å². The molecule has 0 aliphatic rings. The number of amides is 1. The summed E-state index contributed by atoms with van der Waals surface area (Å²) in [6.07, 6.45) is 1.49. The minimum atomic E-state index is -0.117. The van der Waals surface area contributed by atoms with E-state index in [1.54, 1.807) is 13.0 Å². The Morgan fingerprint density at radius 1 is 0.844 bits per heavy atom. The molecule has 0 aliphatic heterocycles. The van der Waals surface area contributed by atoms with Gasteiger partial charge < -0.3 is 10.1 Å². The van der Waals surface area contributed by atoms with E-state index in [4.69, 9.17) is 0 Å². The van der Waals surface area contributed by atoms with Crippen molar-refractivity contribution in [1.29, 1.82) is 0 Å². The molecule has 0 radical (unpaired) electrons. The lowest BCUT2D eigenvalue weighted by Crippen LogP contribution is -2.26. The van der Waals surface area contributed by atoms with Gasteiger partial charge in [-0.3, -0.25) is 4.79 Å². The third-order valence-electron chi connectivity index (χ3n) is 5.30. The van der Waals surface area contributed by atoms with Gasteiger partial charge in [-0.15, -0.1) is 0 Å². The van der Waals surface area contributed by atoms with Crippen LogP contribution in [0.25, 0.3) is 0 Å². The van der Waals surface area contributed by atoms with Gasteiger partial charge in [-0.1, -0.05) is 67.3 Å². The second kappa shape index (κ2) is 11.1. The van der Waals surface area contributed by atoms with Crippen LogP contribution < -0.4 is 5.32 Å². The number of rotatable bonds is 7. The zero-order valence-electron chi connectivity index (χ0n) is 18.9. The van der Waals surface area contributed by atoms with Crippen LogP contribution in [0.1, 0.15) is 65.8 Å². The minimum absolute atomic E-state index is 0.0740. The smallest absolute Gasteiger partial charge is 0.251 e. The van der Waals surface area contributed by atoms with Crippen molar-refractivity contribution >= 4 is 11.7 Å². The standard InChI is InChI=1S/C29H29NO2/c1-21(18-22(2)31)19-26-16-13-24(14-17-26)12-15-25-8-7-11-28(20-25)29(32)30-23(3)27-9-5-4-6-10-27/h4-11,13-14,16-17,20-21,23H,18-19H2,1-3H3,(H,30,32). The summed E-state index contributed by atoms with van der Waals surface area (Å²) >= 11 is 0. The summed E-state index contributed by atoms with van der Waals surface area (Å²) < 4.78 is 0. The molecule has 3 aromatic rings. The van der Waals surface area contributed by atoms with E-state index in [2.05, 4.69) is 36.2 Å². The molecule has 1 N–H and O–H groups in total. The molecule has 32 heavy (non-hydrogen) atoms. The molecule has 162 valence electrons. The second-order valence-electron chi connectivity index (χ2n) is 8.35. The maximum absolute atomic E-state index is 12.7. The molecule has 2 atom stereocenters. The van der Waals surface area contributed by atoms with Gasteiger partial charge in [-0.25, -0.2) is 0 Å². The normalized spacial score (nSPS) is 12.2. The van der Waals surface area contributed by atoms with Crippen molar-refractivity contribution in [3.8, 4) is 11.8 Å². The van der Waals surface area contributed by atoms with Crippen molar-refractivity contribution in [1.82, 2.24) is 5.32 Å². The fourth-order valence-corrected chi connectivity index (χ4v) is 3.68. The maximum atomic E-state index is 12.7. The number of nitrogens with one attached hydrogen (secondary N) is 1. The van der Waals surface area contributed by atoms with Crippen LogP contribution in [0, 0.1) is 17.8 Å². The van der Waals surface area contributed by atoms with Gasteiger partial charge in [0.2, 0.25) is 0 Å². The number of hydrogen-bond acceptors (Lipinski definition) is 2. The molecule has 3 nitrogen and oxygen atoms in total. The van der Waals surface area contributed by atoms with Crippen molar-refractivity contribution in [2.24, 2.45) is 5.92 Å². The lowest BCUT2D eigenvalue weighted by atomic mass is 9.96. The molecule has 0 saturated heterocycles. The number of benzene rings is 3. The molecular formula is C29H29NO2. The summed E-state index contributed by atoms with van der Waals surface area (Å²) in [6, 6.07) is 25.3. The van der Waals surface area contributed by atoms with Gasteiger partial charge in [0.15, 0.2) is 0 Å². The van der Waals surface area contributed by atoms with Crippen LogP contribution in [0.2, 0.25) is 0 Å². The average Bonchev–Trinajstić information content (AvgIpc) is 2.79. The summed E-state index contributed by atoms with van der Waals surface area (Å²) in [5, 5.41) is 3.04. The first-order valence-corrected chi connectivity index (χ1v) is 11.0. The van der Waals surface area contributed by atoms with Crippen LogP contribution in [0.4, 0.5) is 0 Å². The third-order valence-corrected chi connectivity index (χ3v) is 5.30. The van der Waals surface area contributed by atoms with Crippen LogP contribution in [0.5, 0.6) is 0 Å². The second-order valence-corrected chi connectivity index (χ2v) is 8.35. The van der Waals surface area contributed by atoms with Crippen LogP contribution >= 0.6 is 0 Å². The molecule has 0 bridgehead atoms. The average molecular weight is 424 g/mol. The molecule has 3 aromatic carbocycles.